The minimum Gasteiger partial charge on any atom is -0.360 e. The SMILES string of the molecule is O=C(/C=C/c1ccccc1)N1CCN(C(=O)c2c[nH]c3ccccc23)CC1. The summed E-state index contributed by atoms with van der Waals surface area (Å²) < 4.78 is 0. The molecule has 1 fully saturated rings. The molecule has 1 aliphatic rings. The molecule has 4 rings (SSSR count). The summed E-state index contributed by atoms with van der Waals surface area (Å²) in [5, 5.41) is 0.937. The molecule has 27 heavy (non-hydrogen) atoms. The van der Waals surface area contributed by atoms with Crippen molar-refractivity contribution in [2.24, 2.45) is 0 Å². The molecule has 0 spiro atoms. The Hall–Kier alpha value is -3.34. The first-order valence-corrected chi connectivity index (χ1v) is 9.10. The highest BCUT2D eigenvalue weighted by Gasteiger charge is 2.25. The summed E-state index contributed by atoms with van der Waals surface area (Å²) in [6, 6.07) is 17.5. The van der Waals surface area contributed by atoms with Gasteiger partial charge in [0.05, 0.1) is 5.56 Å². The van der Waals surface area contributed by atoms with Crippen LogP contribution >= 0.6 is 0 Å². The number of aromatic nitrogens is 1. The van der Waals surface area contributed by atoms with Crippen molar-refractivity contribution in [2.75, 3.05) is 26.2 Å². The highest BCUT2D eigenvalue weighted by molar-refractivity contribution is 6.06. The molecule has 0 unspecified atom stereocenters. The maximum Gasteiger partial charge on any atom is 0.256 e. The average molecular weight is 359 g/mol. The fraction of sp³-hybridized carbons (Fsp3) is 0.182. The average Bonchev–Trinajstić information content (AvgIpc) is 3.16. The molecule has 1 saturated heterocycles. The lowest BCUT2D eigenvalue weighted by atomic mass is 10.1. The van der Waals surface area contributed by atoms with Crippen molar-refractivity contribution >= 4 is 28.8 Å². The predicted octanol–water partition coefficient (Wildman–Crippen LogP) is 3.17. The molecule has 2 aromatic carbocycles. The topological polar surface area (TPSA) is 56.4 Å². The zero-order valence-electron chi connectivity index (χ0n) is 15.0. The van der Waals surface area contributed by atoms with Crippen molar-refractivity contribution in [1.82, 2.24) is 14.8 Å². The van der Waals surface area contributed by atoms with Gasteiger partial charge in [-0.1, -0.05) is 48.5 Å². The van der Waals surface area contributed by atoms with Gasteiger partial charge in [0, 0.05) is 49.4 Å². The number of rotatable bonds is 3. The summed E-state index contributed by atoms with van der Waals surface area (Å²) in [4.78, 5) is 32.0. The van der Waals surface area contributed by atoms with Crippen LogP contribution in [0.4, 0.5) is 0 Å². The van der Waals surface area contributed by atoms with Gasteiger partial charge in [-0.05, 0) is 17.7 Å². The monoisotopic (exact) mass is 359 g/mol. The van der Waals surface area contributed by atoms with Crippen LogP contribution in [0, 0.1) is 0 Å². The number of carbonyl (C=O) groups is 2. The first-order chi connectivity index (χ1) is 13.2. The van der Waals surface area contributed by atoms with Crippen molar-refractivity contribution in [3.63, 3.8) is 0 Å². The zero-order chi connectivity index (χ0) is 18.6. The third-order valence-corrected chi connectivity index (χ3v) is 4.92. The van der Waals surface area contributed by atoms with Gasteiger partial charge in [0.25, 0.3) is 5.91 Å². The Labute approximate surface area is 157 Å². The molecular weight excluding hydrogens is 338 g/mol. The molecule has 0 aliphatic carbocycles. The Bertz CT molecular complexity index is 983. The second kappa shape index (κ2) is 7.50. The minimum atomic E-state index is -0.0157. The number of benzene rings is 2. The van der Waals surface area contributed by atoms with E-state index in [-0.39, 0.29) is 11.8 Å². The van der Waals surface area contributed by atoms with Gasteiger partial charge in [-0.3, -0.25) is 9.59 Å². The molecule has 1 N–H and O–H groups in total. The largest absolute Gasteiger partial charge is 0.360 e. The highest BCUT2D eigenvalue weighted by Crippen LogP contribution is 2.20. The van der Waals surface area contributed by atoms with Gasteiger partial charge in [-0.2, -0.15) is 0 Å². The lowest BCUT2D eigenvalue weighted by Crippen LogP contribution is -2.50. The molecule has 1 aromatic heterocycles. The molecule has 3 aromatic rings. The van der Waals surface area contributed by atoms with E-state index in [4.69, 9.17) is 0 Å². The number of para-hydroxylation sites is 1. The fourth-order valence-corrected chi connectivity index (χ4v) is 3.39. The van der Waals surface area contributed by atoms with E-state index in [0.29, 0.717) is 31.7 Å². The van der Waals surface area contributed by atoms with E-state index in [9.17, 15) is 9.59 Å². The summed E-state index contributed by atoms with van der Waals surface area (Å²) in [5.74, 6) is -0.00239. The van der Waals surface area contributed by atoms with Gasteiger partial charge in [0.1, 0.15) is 0 Å². The quantitative estimate of drug-likeness (QED) is 0.731. The van der Waals surface area contributed by atoms with E-state index in [0.717, 1.165) is 16.5 Å². The number of amides is 2. The van der Waals surface area contributed by atoms with E-state index in [1.807, 2.05) is 65.6 Å². The van der Waals surface area contributed by atoms with Crippen LogP contribution in [0.25, 0.3) is 17.0 Å². The molecule has 1 aliphatic heterocycles. The number of fused-ring (bicyclic) bond motifs is 1. The van der Waals surface area contributed by atoms with Crippen LogP contribution in [-0.4, -0.2) is 52.8 Å². The van der Waals surface area contributed by atoms with Crippen LogP contribution in [-0.2, 0) is 4.79 Å². The predicted molar refractivity (Wildman–Crippen MR) is 106 cm³/mol. The standard InChI is InChI=1S/C22H21N3O2/c26-21(11-10-17-6-2-1-3-7-17)24-12-14-25(15-13-24)22(27)19-16-23-20-9-5-4-8-18(19)20/h1-11,16,23H,12-15H2/b11-10+. The molecule has 0 atom stereocenters. The normalized spacial score (nSPS) is 14.8. The third kappa shape index (κ3) is 3.62. The van der Waals surface area contributed by atoms with Gasteiger partial charge in [-0.15, -0.1) is 0 Å². The molecular formula is C22H21N3O2. The molecule has 5 heteroatoms. The van der Waals surface area contributed by atoms with Crippen LogP contribution in [0.1, 0.15) is 15.9 Å². The Morgan fingerprint density at radius 1 is 0.852 bits per heavy atom. The summed E-state index contributed by atoms with van der Waals surface area (Å²) >= 11 is 0. The minimum absolute atomic E-state index is 0.0133. The Balaban J connectivity index is 1.38. The molecule has 0 bridgehead atoms. The molecule has 0 radical (unpaired) electrons. The fourth-order valence-electron chi connectivity index (χ4n) is 3.39. The number of hydrogen-bond acceptors (Lipinski definition) is 2. The second-order valence-electron chi connectivity index (χ2n) is 6.61. The molecule has 0 saturated carbocycles. The summed E-state index contributed by atoms with van der Waals surface area (Å²) in [6.45, 7) is 2.19. The zero-order valence-corrected chi connectivity index (χ0v) is 15.0. The summed E-state index contributed by atoms with van der Waals surface area (Å²) in [5.41, 5.74) is 2.65. The van der Waals surface area contributed by atoms with Crippen LogP contribution in [0.15, 0.2) is 66.9 Å². The lowest BCUT2D eigenvalue weighted by Gasteiger charge is -2.34. The van der Waals surface area contributed by atoms with E-state index in [2.05, 4.69) is 4.98 Å². The first-order valence-electron chi connectivity index (χ1n) is 9.10. The molecule has 2 amide bonds. The summed E-state index contributed by atoms with van der Waals surface area (Å²) in [6.07, 6.45) is 5.20. The Kier molecular flexibility index (Phi) is 4.75. The van der Waals surface area contributed by atoms with Gasteiger partial charge in [0.2, 0.25) is 5.91 Å². The highest BCUT2D eigenvalue weighted by atomic mass is 16.2. The smallest absolute Gasteiger partial charge is 0.256 e. The van der Waals surface area contributed by atoms with Crippen molar-refractivity contribution in [1.29, 1.82) is 0 Å². The third-order valence-electron chi connectivity index (χ3n) is 4.92. The van der Waals surface area contributed by atoms with Gasteiger partial charge < -0.3 is 14.8 Å². The number of aromatic amines is 1. The lowest BCUT2D eigenvalue weighted by molar-refractivity contribution is -0.127. The number of H-pyrrole nitrogens is 1. The van der Waals surface area contributed by atoms with Crippen LogP contribution in [0.2, 0.25) is 0 Å². The van der Waals surface area contributed by atoms with Gasteiger partial charge in [-0.25, -0.2) is 0 Å². The number of piperazine rings is 1. The second-order valence-corrected chi connectivity index (χ2v) is 6.61. The maximum atomic E-state index is 12.9. The number of nitrogens with one attached hydrogen (secondary N) is 1. The van der Waals surface area contributed by atoms with E-state index in [1.54, 1.807) is 17.2 Å². The van der Waals surface area contributed by atoms with Crippen LogP contribution in [0.5, 0.6) is 0 Å². The van der Waals surface area contributed by atoms with Crippen LogP contribution < -0.4 is 0 Å². The molecule has 2 heterocycles. The Morgan fingerprint density at radius 3 is 2.30 bits per heavy atom. The van der Waals surface area contributed by atoms with E-state index < -0.39 is 0 Å². The first kappa shape index (κ1) is 17.1. The summed E-state index contributed by atoms with van der Waals surface area (Å²) in [7, 11) is 0. The maximum absolute atomic E-state index is 12.9. The van der Waals surface area contributed by atoms with Gasteiger partial charge in [0.15, 0.2) is 0 Å². The number of carbonyl (C=O) groups excluding carboxylic acids is 2. The number of hydrogen-bond donors (Lipinski definition) is 1. The van der Waals surface area contributed by atoms with Crippen molar-refractivity contribution in [3.05, 3.63) is 78.0 Å². The van der Waals surface area contributed by atoms with Crippen LogP contribution in [0.3, 0.4) is 0 Å². The molecule has 5 nitrogen and oxygen atoms in total. The van der Waals surface area contributed by atoms with Crippen molar-refractivity contribution in [3.8, 4) is 0 Å². The van der Waals surface area contributed by atoms with Gasteiger partial charge >= 0.3 is 0 Å². The van der Waals surface area contributed by atoms with E-state index in [1.165, 1.54) is 0 Å². The van der Waals surface area contributed by atoms with Crippen molar-refractivity contribution < 1.29 is 9.59 Å². The Morgan fingerprint density at radius 2 is 1.52 bits per heavy atom. The molecule has 136 valence electrons. The number of nitrogens with zero attached hydrogens (tertiary/aromatic N) is 2. The van der Waals surface area contributed by atoms with Crippen molar-refractivity contribution in [2.45, 2.75) is 0 Å². The van der Waals surface area contributed by atoms with E-state index >= 15 is 0 Å².